The van der Waals surface area contributed by atoms with Crippen LogP contribution in [0.1, 0.15) is 23.7 Å². The summed E-state index contributed by atoms with van der Waals surface area (Å²) in [6, 6.07) is 12.2. The summed E-state index contributed by atoms with van der Waals surface area (Å²) >= 11 is 0. The van der Waals surface area contributed by atoms with Crippen molar-refractivity contribution in [3.8, 4) is 11.5 Å². The van der Waals surface area contributed by atoms with Gasteiger partial charge in [-0.05, 0) is 30.7 Å². The van der Waals surface area contributed by atoms with Gasteiger partial charge in [-0.1, -0.05) is 25.1 Å². The van der Waals surface area contributed by atoms with Crippen LogP contribution in [0.2, 0.25) is 0 Å². The molecule has 0 spiro atoms. The number of ether oxygens (including phenoxy) is 2. The summed E-state index contributed by atoms with van der Waals surface area (Å²) in [6.45, 7) is 3.23. The fourth-order valence-electron chi connectivity index (χ4n) is 3.20. The highest BCUT2D eigenvalue weighted by atomic mass is 16.6. The lowest BCUT2D eigenvalue weighted by atomic mass is 10.1. The number of fused-ring (bicyclic) bond motifs is 2. The first kappa shape index (κ1) is 18.0. The number of benzene rings is 2. The molecule has 28 heavy (non-hydrogen) atoms. The summed E-state index contributed by atoms with van der Waals surface area (Å²) in [5, 5.41) is 8.65. The van der Waals surface area contributed by atoms with Crippen molar-refractivity contribution in [3.05, 3.63) is 64.6 Å². The van der Waals surface area contributed by atoms with Crippen molar-refractivity contribution in [1.29, 1.82) is 0 Å². The van der Waals surface area contributed by atoms with Gasteiger partial charge in [0.15, 0.2) is 11.5 Å². The molecule has 2 aromatic carbocycles. The number of nitrogens with zero attached hydrogens (tertiary/aromatic N) is 2. The molecule has 2 heterocycles. The average molecular weight is 379 g/mol. The molecule has 1 amide bonds. The molecule has 7 nitrogen and oxygen atoms in total. The maximum atomic E-state index is 12.7. The van der Waals surface area contributed by atoms with E-state index in [1.165, 1.54) is 4.68 Å². The molecule has 1 aliphatic heterocycles. The van der Waals surface area contributed by atoms with E-state index in [4.69, 9.17) is 9.47 Å². The summed E-state index contributed by atoms with van der Waals surface area (Å²) in [5.74, 6) is 0.985. The van der Waals surface area contributed by atoms with Crippen LogP contribution in [-0.4, -0.2) is 34.9 Å². The molecule has 0 saturated carbocycles. The van der Waals surface area contributed by atoms with Gasteiger partial charge in [0.2, 0.25) is 0 Å². The lowest BCUT2D eigenvalue weighted by Gasteiger charge is -2.20. The van der Waals surface area contributed by atoms with Crippen LogP contribution in [-0.2, 0) is 6.54 Å². The predicted molar refractivity (Wildman–Crippen MR) is 105 cm³/mol. The Balaban J connectivity index is 1.51. The number of carbonyl (C=O) groups excluding carboxylic acids is 1. The molecule has 1 aliphatic rings. The summed E-state index contributed by atoms with van der Waals surface area (Å²) < 4.78 is 12.4. The average Bonchev–Trinajstić information content (AvgIpc) is 2.74. The van der Waals surface area contributed by atoms with Crippen LogP contribution >= 0.6 is 0 Å². The summed E-state index contributed by atoms with van der Waals surface area (Å²) in [7, 11) is 0. The molecule has 7 heteroatoms. The van der Waals surface area contributed by atoms with Crippen LogP contribution in [0.5, 0.6) is 11.5 Å². The van der Waals surface area contributed by atoms with Gasteiger partial charge in [0.25, 0.3) is 11.5 Å². The van der Waals surface area contributed by atoms with Crippen molar-refractivity contribution in [1.82, 2.24) is 15.1 Å². The molecule has 4 rings (SSSR count). The first-order valence-electron chi connectivity index (χ1n) is 9.31. The molecule has 0 radical (unpaired) electrons. The second kappa shape index (κ2) is 7.72. The molecule has 0 unspecified atom stereocenters. The maximum Gasteiger partial charge on any atom is 0.274 e. The third kappa shape index (κ3) is 3.55. The number of hydrogen-bond acceptors (Lipinski definition) is 5. The van der Waals surface area contributed by atoms with Crippen molar-refractivity contribution in [2.45, 2.75) is 25.9 Å². The van der Waals surface area contributed by atoms with E-state index < -0.39 is 0 Å². The van der Waals surface area contributed by atoms with E-state index in [1.54, 1.807) is 30.5 Å². The second-order valence-corrected chi connectivity index (χ2v) is 6.66. The van der Waals surface area contributed by atoms with Gasteiger partial charge >= 0.3 is 0 Å². The molecule has 1 atom stereocenters. The number of aromatic nitrogens is 2. The largest absolute Gasteiger partial charge is 0.486 e. The Hall–Kier alpha value is -3.35. The van der Waals surface area contributed by atoms with E-state index in [-0.39, 0.29) is 17.5 Å². The lowest BCUT2D eigenvalue weighted by molar-refractivity contribution is 0.0929. The zero-order chi connectivity index (χ0) is 19.5. The van der Waals surface area contributed by atoms with Crippen LogP contribution in [0, 0.1) is 0 Å². The molecule has 0 aliphatic carbocycles. The van der Waals surface area contributed by atoms with Gasteiger partial charge in [0.05, 0.1) is 18.1 Å². The third-order valence-electron chi connectivity index (χ3n) is 4.79. The van der Waals surface area contributed by atoms with Gasteiger partial charge in [-0.25, -0.2) is 4.68 Å². The minimum atomic E-state index is -0.230. The molecular weight excluding hydrogens is 358 g/mol. The van der Waals surface area contributed by atoms with Crippen LogP contribution in [0.25, 0.3) is 10.8 Å². The Morgan fingerprint density at radius 3 is 2.79 bits per heavy atom. The van der Waals surface area contributed by atoms with Gasteiger partial charge in [0, 0.05) is 17.0 Å². The first-order valence-corrected chi connectivity index (χ1v) is 9.31. The number of amides is 1. The van der Waals surface area contributed by atoms with E-state index in [1.807, 2.05) is 25.1 Å². The van der Waals surface area contributed by atoms with Gasteiger partial charge in [-0.3, -0.25) is 9.59 Å². The number of carbonyl (C=O) groups is 1. The highest BCUT2D eigenvalue weighted by Crippen LogP contribution is 2.30. The minimum absolute atomic E-state index is 0.162. The van der Waals surface area contributed by atoms with Crippen molar-refractivity contribution < 1.29 is 14.3 Å². The Kier molecular flexibility index (Phi) is 4.97. The van der Waals surface area contributed by atoms with Crippen molar-refractivity contribution >= 4 is 16.7 Å². The predicted octanol–water partition coefficient (Wildman–Crippen LogP) is 2.38. The summed E-state index contributed by atoms with van der Waals surface area (Å²) in [6.07, 6.45) is 2.34. The first-order chi connectivity index (χ1) is 13.7. The topological polar surface area (TPSA) is 82.5 Å². The third-order valence-corrected chi connectivity index (χ3v) is 4.79. The Morgan fingerprint density at radius 1 is 1.18 bits per heavy atom. The highest BCUT2D eigenvalue weighted by Gasteiger charge is 2.18. The number of hydrogen-bond donors (Lipinski definition) is 1. The molecule has 1 aromatic heterocycles. The molecule has 0 saturated heterocycles. The van der Waals surface area contributed by atoms with Crippen LogP contribution in [0.4, 0.5) is 0 Å². The van der Waals surface area contributed by atoms with E-state index >= 15 is 0 Å². The Morgan fingerprint density at radius 2 is 1.96 bits per heavy atom. The smallest absolute Gasteiger partial charge is 0.274 e. The molecule has 144 valence electrons. The van der Waals surface area contributed by atoms with Gasteiger partial charge in [-0.15, -0.1) is 0 Å². The monoisotopic (exact) mass is 379 g/mol. The standard InChI is InChI=1S/C21H21N3O4/c1-2-16(13-24-21(26)17-6-4-3-5-15(17)12-22-24)23-20(25)14-7-8-18-19(11-14)28-10-9-27-18/h3-8,11-12,16H,2,9-10,13H2,1H3,(H,23,25)/t16-/m1/s1. The molecule has 1 N–H and O–H groups in total. The van der Waals surface area contributed by atoms with Crippen LogP contribution in [0.15, 0.2) is 53.5 Å². The summed E-state index contributed by atoms with van der Waals surface area (Å²) in [5.41, 5.74) is 0.326. The SMILES string of the molecule is CC[C@H](Cn1ncc2ccccc2c1=O)NC(=O)c1ccc2c(c1)OCCO2. The van der Waals surface area contributed by atoms with E-state index in [9.17, 15) is 9.59 Å². The fraction of sp³-hybridized carbons (Fsp3) is 0.286. The Labute approximate surface area is 161 Å². The highest BCUT2D eigenvalue weighted by molar-refractivity contribution is 5.95. The maximum absolute atomic E-state index is 12.7. The van der Waals surface area contributed by atoms with Crippen LogP contribution in [0.3, 0.4) is 0 Å². The quantitative estimate of drug-likeness (QED) is 0.736. The molecular formula is C21H21N3O4. The fourth-order valence-corrected chi connectivity index (χ4v) is 3.20. The van der Waals surface area contributed by atoms with E-state index in [0.717, 1.165) is 5.39 Å². The number of nitrogens with one attached hydrogen (secondary N) is 1. The van der Waals surface area contributed by atoms with Crippen LogP contribution < -0.4 is 20.3 Å². The van der Waals surface area contributed by atoms with Crippen molar-refractivity contribution in [2.75, 3.05) is 13.2 Å². The molecule has 0 bridgehead atoms. The number of rotatable bonds is 5. The zero-order valence-corrected chi connectivity index (χ0v) is 15.6. The lowest BCUT2D eigenvalue weighted by Crippen LogP contribution is -2.40. The summed E-state index contributed by atoms with van der Waals surface area (Å²) in [4.78, 5) is 25.3. The van der Waals surface area contributed by atoms with Gasteiger partial charge in [0.1, 0.15) is 13.2 Å². The van der Waals surface area contributed by atoms with Crippen molar-refractivity contribution in [2.24, 2.45) is 0 Å². The normalized spacial score (nSPS) is 13.9. The van der Waals surface area contributed by atoms with E-state index in [0.29, 0.717) is 48.6 Å². The molecule has 0 fully saturated rings. The second-order valence-electron chi connectivity index (χ2n) is 6.66. The van der Waals surface area contributed by atoms with Gasteiger partial charge < -0.3 is 14.8 Å². The van der Waals surface area contributed by atoms with E-state index in [2.05, 4.69) is 10.4 Å². The van der Waals surface area contributed by atoms with Gasteiger partial charge in [-0.2, -0.15) is 5.10 Å². The Bertz CT molecular complexity index is 1080. The zero-order valence-electron chi connectivity index (χ0n) is 15.6. The molecule has 3 aromatic rings. The minimum Gasteiger partial charge on any atom is -0.486 e. The van der Waals surface area contributed by atoms with Crippen molar-refractivity contribution in [3.63, 3.8) is 0 Å².